The van der Waals surface area contributed by atoms with Crippen LogP contribution < -0.4 is 11.1 Å². The minimum Gasteiger partial charge on any atom is -0.385 e. The molecule has 0 aliphatic rings. The Bertz CT molecular complexity index is 288. The second-order valence-corrected chi connectivity index (χ2v) is 5.41. The monoisotopic (exact) mass is 242 g/mol. The van der Waals surface area contributed by atoms with E-state index in [4.69, 9.17) is 10.5 Å². The van der Waals surface area contributed by atoms with E-state index in [1.54, 1.807) is 7.11 Å². The van der Waals surface area contributed by atoms with Crippen LogP contribution in [-0.2, 0) is 11.3 Å². The first-order chi connectivity index (χ1) is 7.72. The van der Waals surface area contributed by atoms with Gasteiger partial charge < -0.3 is 15.8 Å². The number of methoxy groups -OCH3 is 1. The quantitative estimate of drug-likeness (QED) is 0.685. The average molecular weight is 242 g/mol. The lowest BCUT2D eigenvalue weighted by Crippen LogP contribution is -2.33. The van der Waals surface area contributed by atoms with Crippen LogP contribution in [-0.4, -0.2) is 26.3 Å². The summed E-state index contributed by atoms with van der Waals surface area (Å²) < 4.78 is 4.99. The van der Waals surface area contributed by atoms with Gasteiger partial charge in [-0.1, -0.05) is 0 Å². The zero-order valence-corrected chi connectivity index (χ0v) is 11.0. The highest BCUT2D eigenvalue weighted by molar-refractivity contribution is 7.11. The number of aryl methyl sites for hydroxylation is 1. The number of hydrogen-bond donors (Lipinski definition) is 2. The van der Waals surface area contributed by atoms with Crippen LogP contribution in [0.2, 0.25) is 0 Å². The topological polar surface area (TPSA) is 47.3 Å². The summed E-state index contributed by atoms with van der Waals surface area (Å²) in [6.45, 7) is 4.74. The average Bonchev–Trinajstić information content (AvgIpc) is 2.65. The van der Waals surface area contributed by atoms with Gasteiger partial charge in [0.05, 0.1) is 0 Å². The maximum Gasteiger partial charge on any atom is 0.0462 e. The van der Waals surface area contributed by atoms with Crippen molar-refractivity contribution in [3.8, 4) is 0 Å². The molecule has 0 aliphatic carbocycles. The Kier molecular flexibility index (Phi) is 6.64. The van der Waals surface area contributed by atoms with Gasteiger partial charge in [0.25, 0.3) is 0 Å². The smallest absolute Gasteiger partial charge is 0.0462 e. The molecule has 0 radical (unpaired) electrons. The van der Waals surface area contributed by atoms with Crippen molar-refractivity contribution in [3.63, 3.8) is 0 Å². The molecule has 0 amide bonds. The fourth-order valence-corrected chi connectivity index (χ4v) is 2.41. The number of thiophene rings is 1. The standard InChI is InChI=1S/C12H22N2OS/c1-10-5-6-12(16-10)9-14-8-11(13)4-3-7-15-2/h5-6,11,14H,3-4,7-9,13H2,1-2H3. The normalized spacial score (nSPS) is 12.9. The van der Waals surface area contributed by atoms with Crippen LogP contribution >= 0.6 is 11.3 Å². The minimum atomic E-state index is 0.233. The first-order valence-electron chi connectivity index (χ1n) is 5.73. The van der Waals surface area contributed by atoms with Crippen molar-refractivity contribution in [2.75, 3.05) is 20.3 Å². The summed E-state index contributed by atoms with van der Waals surface area (Å²) in [5, 5.41) is 3.39. The maximum atomic E-state index is 5.97. The van der Waals surface area contributed by atoms with Crippen LogP contribution in [0, 0.1) is 6.92 Å². The molecule has 0 bridgehead atoms. The molecule has 16 heavy (non-hydrogen) atoms. The fraction of sp³-hybridized carbons (Fsp3) is 0.667. The Labute approximate surface area is 102 Å². The lowest BCUT2D eigenvalue weighted by atomic mass is 10.2. The highest BCUT2D eigenvalue weighted by Crippen LogP contribution is 2.14. The van der Waals surface area contributed by atoms with Crippen LogP contribution in [0.15, 0.2) is 12.1 Å². The third kappa shape index (κ3) is 5.61. The zero-order chi connectivity index (χ0) is 11.8. The van der Waals surface area contributed by atoms with Gasteiger partial charge in [0.2, 0.25) is 0 Å². The first-order valence-corrected chi connectivity index (χ1v) is 6.54. The summed E-state index contributed by atoms with van der Waals surface area (Å²) in [5.74, 6) is 0. The van der Waals surface area contributed by atoms with Gasteiger partial charge >= 0.3 is 0 Å². The highest BCUT2D eigenvalue weighted by atomic mass is 32.1. The molecular weight excluding hydrogens is 220 g/mol. The Morgan fingerprint density at radius 1 is 1.50 bits per heavy atom. The molecule has 1 aromatic heterocycles. The fourth-order valence-electron chi connectivity index (χ4n) is 1.55. The van der Waals surface area contributed by atoms with Gasteiger partial charge in [0, 0.05) is 42.6 Å². The van der Waals surface area contributed by atoms with Crippen LogP contribution in [0.4, 0.5) is 0 Å². The van der Waals surface area contributed by atoms with E-state index in [0.717, 1.165) is 32.5 Å². The molecule has 1 rings (SSSR count). The summed E-state index contributed by atoms with van der Waals surface area (Å²) in [6, 6.07) is 4.56. The van der Waals surface area contributed by atoms with Gasteiger partial charge in [-0.2, -0.15) is 0 Å². The number of nitrogens with one attached hydrogen (secondary N) is 1. The van der Waals surface area contributed by atoms with Gasteiger partial charge in [-0.15, -0.1) is 11.3 Å². The summed E-state index contributed by atoms with van der Waals surface area (Å²) in [6.07, 6.45) is 2.06. The molecule has 92 valence electrons. The lowest BCUT2D eigenvalue weighted by Gasteiger charge is -2.11. The molecule has 1 aromatic rings. The maximum absolute atomic E-state index is 5.97. The number of nitrogens with two attached hydrogens (primary N) is 1. The minimum absolute atomic E-state index is 0.233. The van der Waals surface area contributed by atoms with Crippen LogP contribution in [0.25, 0.3) is 0 Å². The third-order valence-corrected chi connectivity index (χ3v) is 3.43. The summed E-state index contributed by atoms with van der Waals surface area (Å²) >= 11 is 1.84. The van der Waals surface area contributed by atoms with Crippen molar-refractivity contribution >= 4 is 11.3 Å². The van der Waals surface area contributed by atoms with Gasteiger partial charge in [-0.3, -0.25) is 0 Å². The number of hydrogen-bond acceptors (Lipinski definition) is 4. The van der Waals surface area contributed by atoms with E-state index >= 15 is 0 Å². The molecule has 3 nitrogen and oxygen atoms in total. The molecule has 1 unspecified atom stereocenters. The molecule has 0 spiro atoms. The van der Waals surface area contributed by atoms with Crippen molar-refractivity contribution in [1.29, 1.82) is 0 Å². The van der Waals surface area contributed by atoms with Gasteiger partial charge in [-0.05, 0) is 31.9 Å². The van der Waals surface area contributed by atoms with Gasteiger partial charge in [0.15, 0.2) is 0 Å². The Balaban J connectivity index is 2.06. The third-order valence-electron chi connectivity index (χ3n) is 2.43. The van der Waals surface area contributed by atoms with E-state index in [-0.39, 0.29) is 6.04 Å². The molecule has 0 fully saturated rings. The van der Waals surface area contributed by atoms with Crippen molar-refractivity contribution < 1.29 is 4.74 Å². The van der Waals surface area contributed by atoms with E-state index in [1.165, 1.54) is 9.75 Å². The highest BCUT2D eigenvalue weighted by Gasteiger charge is 2.02. The molecule has 1 atom stereocenters. The molecule has 1 heterocycles. The Morgan fingerprint density at radius 3 is 2.94 bits per heavy atom. The predicted octanol–water partition coefficient (Wildman–Crippen LogP) is 1.90. The second-order valence-electron chi connectivity index (χ2n) is 4.04. The molecule has 3 N–H and O–H groups in total. The number of rotatable bonds is 8. The van der Waals surface area contributed by atoms with Crippen LogP contribution in [0.1, 0.15) is 22.6 Å². The summed E-state index contributed by atoms with van der Waals surface area (Å²) in [4.78, 5) is 2.74. The second kappa shape index (κ2) is 7.79. The molecule has 4 heteroatoms. The van der Waals surface area contributed by atoms with E-state index in [2.05, 4.69) is 24.4 Å². The van der Waals surface area contributed by atoms with E-state index in [9.17, 15) is 0 Å². The van der Waals surface area contributed by atoms with Crippen molar-refractivity contribution in [2.24, 2.45) is 5.73 Å². The predicted molar refractivity (Wildman–Crippen MR) is 69.8 cm³/mol. The molecular formula is C12H22N2OS. The Morgan fingerprint density at radius 2 is 2.31 bits per heavy atom. The largest absolute Gasteiger partial charge is 0.385 e. The van der Waals surface area contributed by atoms with Gasteiger partial charge in [-0.25, -0.2) is 0 Å². The van der Waals surface area contributed by atoms with Gasteiger partial charge in [0.1, 0.15) is 0 Å². The SMILES string of the molecule is COCCCC(N)CNCc1ccc(C)s1. The lowest BCUT2D eigenvalue weighted by molar-refractivity contribution is 0.190. The van der Waals surface area contributed by atoms with Crippen molar-refractivity contribution in [3.05, 3.63) is 21.9 Å². The zero-order valence-electron chi connectivity index (χ0n) is 10.2. The number of ether oxygens (including phenoxy) is 1. The Hall–Kier alpha value is -0.420. The molecule has 0 aliphatic heterocycles. The molecule has 0 saturated heterocycles. The van der Waals surface area contributed by atoms with E-state index in [1.807, 2.05) is 11.3 Å². The van der Waals surface area contributed by atoms with Crippen molar-refractivity contribution in [2.45, 2.75) is 32.4 Å². The molecule has 0 saturated carbocycles. The van der Waals surface area contributed by atoms with E-state index < -0.39 is 0 Å². The van der Waals surface area contributed by atoms with Crippen LogP contribution in [0.3, 0.4) is 0 Å². The first kappa shape index (κ1) is 13.6. The van der Waals surface area contributed by atoms with Crippen LogP contribution in [0.5, 0.6) is 0 Å². The summed E-state index contributed by atoms with van der Waals surface area (Å²) in [7, 11) is 1.73. The van der Waals surface area contributed by atoms with Crippen molar-refractivity contribution in [1.82, 2.24) is 5.32 Å². The summed E-state index contributed by atoms with van der Waals surface area (Å²) in [5.41, 5.74) is 5.97. The molecule has 0 aromatic carbocycles. The van der Waals surface area contributed by atoms with E-state index in [0.29, 0.717) is 0 Å².